The van der Waals surface area contributed by atoms with Gasteiger partial charge in [-0.25, -0.2) is 18.1 Å². The number of nitrogens with zero attached hydrogens (tertiary/aromatic N) is 2. The molecule has 3 rings (SSSR count). The van der Waals surface area contributed by atoms with Crippen molar-refractivity contribution in [3.05, 3.63) is 42.0 Å². The Labute approximate surface area is 148 Å². The summed E-state index contributed by atoms with van der Waals surface area (Å²) in [5.41, 5.74) is 0.750. The molecule has 2 aromatic rings. The van der Waals surface area contributed by atoms with Crippen molar-refractivity contribution in [3.63, 3.8) is 0 Å². The Morgan fingerprint density at radius 3 is 2.72 bits per heavy atom. The third-order valence-electron chi connectivity index (χ3n) is 4.09. The largest absolute Gasteiger partial charge is 0.491 e. The number of ether oxygens (including phenoxy) is 2. The van der Waals surface area contributed by atoms with Gasteiger partial charge >= 0.3 is 0 Å². The SMILES string of the molecule is COCCOc1ccc(S(=O)(=O)NCc2cn3c(n2)CCCC3)cc1. The van der Waals surface area contributed by atoms with E-state index in [1.807, 2.05) is 6.20 Å². The minimum Gasteiger partial charge on any atom is -0.491 e. The van der Waals surface area contributed by atoms with Crippen LogP contribution in [0.2, 0.25) is 0 Å². The van der Waals surface area contributed by atoms with Gasteiger partial charge in [-0.15, -0.1) is 0 Å². The molecule has 0 atom stereocenters. The molecule has 0 saturated heterocycles. The molecule has 0 radical (unpaired) electrons. The van der Waals surface area contributed by atoms with Gasteiger partial charge in [-0.3, -0.25) is 0 Å². The van der Waals surface area contributed by atoms with Gasteiger partial charge in [0.05, 0.1) is 23.7 Å². The van der Waals surface area contributed by atoms with Gasteiger partial charge in [0.2, 0.25) is 10.0 Å². The molecule has 0 fully saturated rings. The monoisotopic (exact) mass is 365 g/mol. The highest BCUT2D eigenvalue weighted by atomic mass is 32.2. The van der Waals surface area contributed by atoms with Crippen LogP contribution in [0.1, 0.15) is 24.4 Å². The van der Waals surface area contributed by atoms with E-state index in [-0.39, 0.29) is 11.4 Å². The second-order valence-electron chi connectivity index (χ2n) is 5.94. The van der Waals surface area contributed by atoms with Crippen LogP contribution in [-0.4, -0.2) is 38.3 Å². The van der Waals surface area contributed by atoms with Crippen molar-refractivity contribution in [1.29, 1.82) is 0 Å². The van der Waals surface area contributed by atoms with Crippen molar-refractivity contribution in [2.24, 2.45) is 0 Å². The Kier molecular flexibility index (Phi) is 5.72. The van der Waals surface area contributed by atoms with E-state index in [4.69, 9.17) is 9.47 Å². The average molecular weight is 365 g/mol. The number of hydrogen-bond acceptors (Lipinski definition) is 5. The van der Waals surface area contributed by atoms with Crippen molar-refractivity contribution in [3.8, 4) is 5.75 Å². The first kappa shape index (κ1) is 17.9. The number of aromatic nitrogens is 2. The van der Waals surface area contributed by atoms with Crippen LogP contribution in [0.4, 0.5) is 0 Å². The molecular formula is C17H23N3O4S. The summed E-state index contributed by atoms with van der Waals surface area (Å²) < 4.78 is 39.9. The first-order valence-corrected chi connectivity index (χ1v) is 9.83. The van der Waals surface area contributed by atoms with Crippen molar-refractivity contribution in [1.82, 2.24) is 14.3 Å². The number of fused-ring (bicyclic) bond motifs is 1. The van der Waals surface area contributed by atoms with Gasteiger partial charge < -0.3 is 14.0 Å². The standard InChI is InChI=1S/C17H23N3O4S/c1-23-10-11-24-15-5-7-16(8-6-15)25(21,22)18-12-14-13-20-9-3-2-4-17(20)19-14/h5-8,13,18H,2-4,9-12H2,1H3. The quantitative estimate of drug-likeness (QED) is 0.721. The second kappa shape index (κ2) is 7.99. The summed E-state index contributed by atoms with van der Waals surface area (Å²) in [6, 6.07) is 6.34. The van der Waals surface area contributed by atoms with E-state index in [9.17, 15) is 8.42 Å². The van der Waals surface area contributed by atoms with Crippen molar-refractivity contribution in [2.45, 2.75) is 37.2 Å². The molecule has 1 aliphatic rings. The highest BCUT2D eigenvalue weighted by Crippen LogP contribution is 2.17. The average Bonchev–Trinajstić information content (AvgIpc) is 3.04. The molecule has 1 aliphatic heterocycles. The summed E-state index contributed by atoms with van der Waals surface area (Å²) in [7, 11) is -1.98. The Balaban J connectivity index is 1.60. The van der Waals surface area contributed by atoms with Gasteiger partial charge in [0.15, 0.2) is 0 Å². The fraction of sp³-hybridized carbons (Fsp3) is 0.471. The van der Waals surface area contributed by atoms with Crippen LogP contribution in [0.5, 0.6) is 5.75 Å². The molecule has 1 aromatic heterocycles. The fourth-order valence-corrected chi connectivity index (χ4v) is 3.77. The second-order valence-corrected chi connectivity index (χ2v) is 7.70. The molecule has 0 bridgehead atoms. The highest BCUT2D eigenvalue weighted by molar-refractivity contribution is 7.89. The number of sulfonamides is 1. The van der Waals surface area contributed by atoms with Crippen LogP contribution in [0.3, 0.4) is 0 Å². The van der Waals surface area contributed by atoms with Crippen LogP contribution >= 0.6 is 0 Å². The number of imidazole rings is 1. The lowest BCUT2D eigenvalue weighted by atomic mass is 10.2. The number of hydrogen-bond donors (Lipinski definition) is 1. The van der Waals surface area contributed by atoms with E-state index in [0.29, 0.717) is 19.0 Å². The lowest BCUT2D eigenvalue weighted by Crippen LogP contribution is -2.23. The highest BCUT2D eigenvalue weighted by Gasteiger charge is 2.16. The van der Waals surface area contributed by atoms with Gasteiger partial charge in [0, 0.05) is 26.3 Å². The van der Waals surface area contributed by atoms with Crippen LogP contribution in [0.25, 0.3) is 0 Å². The lowest BCUT2D eigenvalue weighted by molar-refractivity contribution is 0.146. The molecule has 0 saturated carbocycles. The summed E-state index contributed by atoms with van der Waals surface area (Å²) in [6.45, 7) is 2.05. The van der Waals surface area contributed by atoms with Crippen LogP contribution in [-0.2, 0) is 34.3 Å². The topological polar surface area (TPSA) is 82.5 Å². The van der Waals surface area contributed by atoms with Crippen LogP contribution in [0, 0.1) is 0 Å². The Bertz CT molecular complexity index is 776. The minimum atomic E-state index is -3.58. The van der Waals surface area contributed by atoms with Gasteiger partial charge in [-0.05, 0) is 37.1 Å². The third kappa shape index (κ3) is 4.59. The zero-order chi connectivity index (χ0) is 17.7. The molecule has 1 aromatic carbocycles. The van der Waals surface area contributed by atoms with Crippen LogP contribution < -0.4 is 9.46 Å². The maximum atomic E-state index is 12.4. The minimum absolute atomic E-state index is 0.189. The first-order chi connectivity index (χ1) is 12.1. The van der Waals surface area contributed by atoms with Gasteiger partial charge in [0.1, 0.15) is 18.2 Å². The Morgan fingerprint density at radius 1 is 1.20 bits per heavy atom. The third-order valence-corrected chi connectivity index (χ3v) is 5.51. The molecule has 136 valence electrons. The summed E-state index contributed by atoms with van der Waals surface area (Å²) in [5.74, 6) is 1.65. The summed E-state index contributed by atoms with van der Waals surface area (Å²) >= 11 is 0. The summed E-state index contributed by atoms with van der Waals surface area (Å²) in [4.78, 5) is 4.71. The van der Waals surface area contributed by atoms with Gasteiger partial charge in [-0.2, -0.15) is 0 Å². The molecule has 1 N–H and O–H groups in total. The number of nitrogens with one attached hydrogen (secondary N) is 1. The zero-order valence-corrected chi connectivity index (χ0v) is 15.1. The molecule has 25 heavy (non-hydrogen) atoms. The maximum absolute atomic E-state index is 12.4. The molecule has 7 nitrogen and oxygen atoms in total. The number of benzene rings is 1. The maximum Gasteiger partial charge on any atom is 0.240 e. The van der Waals surface area contributed by atoms with Crippen molar-refractivity contribution in [2.75, 3.05) is 20.3 Å². The van der Waals surface area contributed by atoms with E-state index in [1.54, 1.807) is 19.2 Å². The van der Waals surface area contributed by atoms with Crippen molar-refractivity contribution < 1.29 is 17.9 Å². The predicted octanol–water partition coefficient (Wildman–Crippen LogP) is 1.72. The Morgan fingerprint density at radius 2 is 2.00 bits per heavy atom. The van der Waals surface area contributed by atoms with E-state index in [1.165, 1.54) is 12.1 Å². The number of aryl methyl sites for hydroxylation is 2. The number of methoxy groups -OCH3 is 1. The summed E-state index contributed by atoms with van der Waals surface area (Å²) in [6.07, 6.45) is 5.18. The molecule has 2 heterocycles. The van der Waals surface area contributed by atoms with Gasteiger partial charge in [0.25, 0.3) is 0 Å². The van der Waals surface area contributed by atoms with Crippen molar-refractivity contribution >= 4 is 10.0 Å². The number of rotatable bonds is 8. The zero-order valence-electron chi connectivity index (χ0n) is 14.3. The molecule has 0 unspecified atom stereocenters. The predicted molar refractivity (Wildman–Crippen MR) is 93.0 cm³/mol. The Hall–Kier alpha value is -1.90. The van der Waals surface area contributed by atoms with E-state index in [2.05, 4.69) is 14.3 Å². The van der Waals surface area contributed by atoms with Gasteiger partial charge in [-0.1, -0.05) is 0 Å². The van der Waals surface area contributed by atoms with E-state index in [0.717, 1.165) is 37.3 Å². The van der Waals surface area contributed by atoms with E-state index < -0.39 is 10.0 Å². The molecule has 0 aliphatic carbocycles. The molecular weight excluding hydrogens is 342 g/mol. The normalized spacial score (nSPS) is 14.3. The fourth-order valence-electron chi connectivity index (χ4n) is 2.77. The first-order valence-electron chi connectivity index (χ1n) is 8.35. The summed E-state index contributed by atoms with van der Waals surface area (Å²) in [5, 5.41) is 0. The molecule has 8 heteroatoms. The van der Waals surface area contributed by atoms with Crippen LogP contribution in [0.15, 0.2) is 35.4 Å². The smallest absolute Gasteiger partial charge is 0.240 e. The molecule has 0 amide bonds. The lowest BCUT2D eigenvalue weighted by Gasteiger charge is -2.11. The molecule has 0 spiro atoms. The van der Waals surface area contributed by atoms with E-state index >= 15 is 0 Å².